The molecular formula is C104H113B4Br5O15P2. The summed E-state index contributed by atoms with van der Waals surface area (Å²) in [7, 11) is 4.00. The molecule has 2 aliphatic rings. The van der Waals surface area contributed by atoms with E-state index in [1.54, 1.807) is 64.8 Å². The summed E-state index contributed by atoms with van der Waals surface area (Å²) < 4.78 is 45.4. The summed E-state index contributed by atoms with van der Waals surface area (Å²) in [5.74, 6) is 3.22. The van der Waals surface area contributed by atoms with Gasteiger partial charge in [0, 0.05) is 5.33 Å². The van der Waals surface area contributed by atoms with Gasteiger partial charge in [0.2, 0.25) is 0 Å². The molecule has 130 heavy (non-hydrogen) atoms. The molecule has 0 amide bonds. The van der Waals surface area contributed by atoms with Crippen molar-refractivity contribution in [3.63, 3.8) is 0 Å². The fourth-order valence-electron chi connectivity index (χ4n) is 14.0. The van der Waals surface area contributed by atoms with Crippen LogP contribution in [0.3, 0.4) is 0 Å². The summed E-state index contributed by atoms with van der Waals surface area (Å²) >= 11 is 17.1. The zero-order valence-corrected chi connectivity index (χ0v) is 84.9. The number of aliphatic hydroxyl groups excluding tert-OH is 4. The van der Waals surface area contributed by atoms with E-state index >= 15 is 0 Å². The van der Waals surface area contributed by atoms with E-state index in [4.69, 9.17) is 57.8 Å². The zero-order chi connectivity index (χ0) is 94.1. The van der Waals surface area contributed by atoms with Gasteiger partial charge in [-0.1, -0.05) is 198 Å². The molecule has 13 aromatic rings. The Balaban J connectivity index is 0.000000178. The SMILES string of the molecule is BrB(Br)Br.COc1cc(C=Cc2ccc(B3OC(C)(C)C(C)(C)O3)cc2)cc(CO)c1.COc1cc(CO)cc(CBr)c1.COc1cc(CO)cc(CP(Br)(c2ccccc2)(c2ccccc2)c2ccccc2)c1.COc1ccc(B2OC(C)(C)C(C)(C)O2)cc1.OCc1cc(O)cc(C=Cc2ccc(B(O)O)cc2)c1.c1ccc(P(c2ccccc2)c2ccccc2)cc1. The van der Waals surface area contributed by atoms with Gasteiger partial charge >= 0.3 is 217 Å². The predicted molar refractivity (Wildman–Crippen MR) is 564 cm³/mol. The fraction of sp³-hybridized carbons (Fsp3) is 0.212. The molecule has 0 radical (unpaired) electrons. The van der Waals surface area contributed by atoms with E-state index in [1.165, 1.54) is 37.9 Å². The largest absolute Gasteiger partial charge is 0.508 e. The first-order valence-electron chi connectivity index (χ1n) is 42.1. The molecule has 7 N–H and O–H groups in total. The van der Waals surface area contributed by atoms with Crippen molar-refractivity contribution >= 4 is 189 Å². The number of phenols is 1. The molecule has 0 unspecified atom stereocenters. The Hall–Kier alpha value is -8.54. The zero-order valence-electron chi connectivity index (χ0n) is 75.2. The van der Waals surface area contributed by atoms with Crippen LogP contribution in [0.5, 0.6) is 28.7 Å². The fourth-order valence-corrected chi connectivity index (χ4v) is 24.3. The Bertz CT molecular complexity index is 5340. The third-order valence-corrected chi connectivity index (χ3v) is 34.9. The molecule has 0 aromatic heterocycles. The van der Waals surface area contributed by atoms with Crippen molar-refractivity contribution < 1.29 is 73.1 Å². The van der Waals surface area contributed by atoms with Crippen LogP contribution in [0.4, 0.5) is 0 Å². The number of halogens is 5. The van der Waals surface area contributed by atoms with Crippen molar-refractivity contribution in [3.05, 3.63) is 383 Å². The van der Waals surface area contributed by atoms with Crippen LogP contribution in [0, 0.1) is 0 Å². The number of aliphatic hydroxyl groups is 4. The number of ether oxygens (including phenoxy) is 4. The third kappa shape index (κ3) is 29.7. The standard InChI is InChI=1S/C27H26BrO2P.C22H27BO4.C18H15P.C15H15BO4.C13H19BO3.C9H11BrO2.BBr3/c1-30-24-18-22(20-29)17-23(19-24)21-31(28,25-11-5-2-6-12-25,26-13-7-3-8-14-26)27-15-9-4-10-16-27;1-21(2)22(3,4)27-23(26-21)19-10-8-16(9-11-19)6-7-17-12-18(15-24)14-20(13-17)25-5;1-4-10-16(11-5-1)19(17-12-6-2-7-13-17)18-14-8-3-9-15-18;17-10-13-7-12(8-15(18)9-13)2-1-11-3-5-14(6-4-11)16(19)20;1-12(2)13(3,4)17-14(16-12)10-6-8-11(15-5)9-7-10;1-12-9-3-7(5-10)2-8(4-9)6-11;2-1(3)4/h2-19,29H,20-21H2,1H3;6-14,24H,15H2,1-5H3;1-15H;1-9,17-20H,10H2;6-9H,1-5H3;2-4,11H,5-6H2,1H3;. The summed E-state index contributed by atoms with van der Waals surface area (Å²) in [6.45, 7) is 16.3. The van der Waals surface area contributed by atoms with Crippen molar-refractivity contribution in [2.75, 3.05) is 28.4 Å². The number of methoxy groups -OCH3 is 4. The van der Waals surface area contributed by atoms with Gasteiger partial charge in [-0.25, -0.2) is 0 Å². The first-order valence-corrected chi connectivity index (χ1v) is 51.8. The van der Waals surface area contributed by atoms with Crippen LogP contribution < -0.4 is 67.2 Å². The molecule has 13 aromatic carbocycles. The number of hydrogen-bond donors (Lipinski definition) is 7. The molecule has 2 heterocycles. The maximum absolute atomic E-state index is 9.84. The maximum atomic E-state index is 9.84. The number of alkyl halides is 1. The molecule has 15 rings (SSSR count). The average Bonchev–Trinajstić information content (AvgIpc) is 1.12. The maximum Gasteiger partial charge on any atom is 0.494 e. The van der Waals surface area contributed by atoms with Gasteiger partial charge in [0.15, 0.2) is 0 Å². The minimum atomic E-state index is -3.08. The van der Waals surface area contributed by atoms with Gasteiger partial charge < -0.3 is 63.3 Å². The van der Waals surface area contributed by atoms with Crippen LogP contribution in [0.1, 0.15) is 111 Å². The Kier molecular flexibility index (Phi) is 40.9. The van der Waals surface area contributed by atoms with E-state index in [9.17, 15) is 15.3 Å². The molecule has 676 valence electrons. The number of hydrogen-bond acceptors (Lipinski definition) is 15. The second kappa shape index (κ2) is 50.5. The molecule has 0 atom stereocenters. The molecule has 2 fully saturated rings. The smallest absolute Gasteiger partial charge is 0.494 e. The number of phenolic OH excluding ortho intramolecular Hbond substituents is 1. The van der Waals surface area contributed by atoms with Crippen LogP contribution in [-0.4, -0.2) is 111 Å². The van der Waals surface area contributed by atoms with Gasteiger partial charge in [-0.15, -0.1) is 47.3 Å². The second-order valence-electron chi connectivity index (χ2n) is 32.5. The van der Waals surface area contributed by atoms with E-state index < -0.39 is 20.3 Å². The summed E-state index contributed by atoms with van der Waals surface area (Å²) in [4.78, 5) is 0. The minimum absolute atomic E-state index is 0.0131. The van der Waals surface area contributed by atoms with Gasteiger partial charge in [0.1, 0.15) is 23.0 Å². The topological polar surface area (TPSA) is 215 Å². The number of aromatic hydroxyl groups is 1. The Morgan fingerprint density at radius 1 is 0.346 bits per heavy atom. The molecular weight excluding hydrogens is 1990 g/mol. The monoisotopic (exact) mass is 2100 g/mol. The van der Waals surface area contributed by atoms with E-state index in [-0.39, 0.29) is 72.0 Å². The van der Waals surface area contributed by atoms with Crippen molar-refractivity contribution in [3.8, 4) is 28.7 Å². The minimum Gasteiger partial charge on any atom is -0.508 e. The van der Waals surface area contributed by atoms with E-state index in [1.807, 2.05) is 115 Å². The molecule has 2 saturated heterocycles. The van der Waals surface area contributed by atoms with E-state index in [0.717, 1.165) is 95.5 Å². The van der Waals surface area contributed by atoms with Gasteiger partial charge in [0.25, 0.3) is 0 Å². The van der Waals surface area contributed by atoms with Gasteiger partial charge in [-0.05, 0) is 201 Å². The first-order chi connectivity index (χ1) is 62.2. The van der Waals surface area contributed by atoms with E-state index in [0.29, 0.717) is 11.0 Å². The molecule has 26 heteroatoms. The van der Waals surface area contributed by atoms with Crippen LogP contribution in [-0.2, 0) is 56.5 Å². The van der Waals surface area contributed by atoms with Gasteiger partial charge in [0.05, 0.1) is 63.6 Å². The van der Waals surface area contributed by atoms with Crippen molar-refractivity contribution in [1.29, 1.82) is 0 Å². The normalized spacial score (nSPS) is 14.0. The summed E-state index contributed by atoms with van der Waals surface area (Å²) in [6, 6.07) is 110. The first kappa shape index (κ1) is 105. The van der Waals surface area contributed by atoms with Crippen molar-refractivity contribution in [1.82, 2.24) is 0 Å². The summed E-state index contributed by atoms with van der Waals surface area (Å²) in [5, 5.41) is 70.4. The molecule has 0 saturated carbocycles. The van der Waals surface area contributed by atoms with Crippen LogP contribution >= 0.6 is 91.9 Å². The van der Waals surface area contributed by atoms with Crippen LogP contribution in [0.25, 0.3) is 24.3 Å². The number of benzene rings is 13. The summed E-state index contributed by atoms with van der Waals surface area (Å²) in [6.07, 6.45) is 8.44. The summed E-state index contributed by atoms with van der Waals surface area (Å²) in [5.41, 5.74) is 10.3. The number of rotatable bonds is 24. The van der Waals surface area contributed by atoms with Gasteiger partial charge in [-0.2, -0.15) is 0 Å². The average molecular weight is 2110 g/mol. The van der Waals surface area contributed by atoms with Crippen molar-refractivity contribution in [2.45, 2.75) is 116 Å². The second-order valence-corrected chi connectivity index (χ2v) is 50.6. The molecule has 2 aliphatic heterocycles. The molecule has 15 nitrogen and oxygen atoms in total. The van der Waals surface area contributed by atoms with Crippen molar-refractivity contribution in [2.24, 2.45) is 0 Å². The Labute approximate surface area is 811 Å². The quantitative estimate of drug-likeness (QED) is 0.0130. The molecule has 0 bridgehead atoms. The Morgan fingerprint density at radius 2 is 0.631 bits per heavy atom. The molecule has 0 spiro atoms. The van der Waals surface area contributed by atoms with E-state index in [2.05, 4.69) is 328 Å². The van der Waals surface area contributed by atoms with Gasteiger partial charge in [-0.3, -0.25) is 0 Å². The third-order valence-electron chi connectivity index (χ3n) is 22.3. The van der Waals surface area contributed by atoms with Crippen LogP contribution in [0.15, 0.2) is 328 Å². The Morgan fingerprint density at radius 3 is 0.969 bits per heavy atom. The van der Waals surface area contributed by atoms with Crippen LogP contribution in [0.2, 0.25) is 0 Å². The predicted octanol–water partition coefficient (Wildman–Crippen LogP) is 19.6. The molecule has 0 aliphatic carbocycles.